The monoisotopic (exact) mass is 414 g/mol. The average molecular weight is 415 g/mol. The van der Waals surface area contributed by atoms with E-state index >= 15 is 0 Å². The molecule has 0 aliphatic carbocycles. The third kappa shape index (κ3) is 7.13. The summed E-state index contributed by atoms with van der Waals surface area (Å²) in [6.45, 7) is 6.13. The zero-order chi connectivity index (χ0) is 21.2. The quantitative estimate of drug-likeness (QED) is 0.594. The summed E-state index contributed by atoms with van der Waals surface area (Å²) in [4.78, 5) is 28.7. The van der Waals surface area contributed by atoms with Crippen LogP contribution in [0.25, 0.3) is 0 Å². The Morgan fingerprint density at radius 2 is 1.83 bits per heavy atom. The van der Waals surface area contributed by atoms with E-state index < -0.39 is 6.04 Å². The fourth-order valence-electron chi connectivity index (χ4n) is 3.01. The molecule has 0 heterocycles. The van der Waals surface area contributed by atoms with Crippen molar-refractivity contribution in [1.29, 1.82) is 0 Å². The minimum atomic E-state index is -0.521. The zero-order valence-electron chi connectivity index (χ0n) is 17.6. The third-order valence-electron chi connectivity index (χ3n) is 4.41. The molecular formula is C23H30N2O3S. The van der Waals surface area contributed by atoms with Crippen molar-refractivity contribution in [2.45, 2.75) is 50.7 Å². The van der Waals surface area contributed by atoms with Gasteiger partial charge in [0.25, 0.3) is 0 Å². The molecule has 2 rings (SSSR count). The van der Waals surface area contributed by atoms with Crippen molar-refractivity contribution in [3.63, 3.8) is 0 Å². The van der Waals surface area contributed by atoms with Gasteiger partial charge in [0.1, 0.15) is 11.8 Å². The second kappa shape index (κ2) is 11.5. The lowest BCUT2D eigenvalue weighted by atomic mass is 10.1. The number of rotatable bonds is 10. The number of amides is 2. The van der Waals surface area contributed by atoms with E-state index in [2.05, 4.69) is 5.32 Å². The van der Waals surface area contributed by atoms with Crippen molar-refractivity contribution in [2.75, 3.05) is 12.9 Å². The van der Waals surface area contributed by atoms with Gasteiger partial charge >= 0.3 is 0 Å². The first-order valence-electron chi connectivity index (χ1n) is 9.85. The Balaban J connectivity index is 2.22. The molecule has 2 aromatic carbocycles. The van der Waals surface area contributed by atoms with Crippen LogP contribution >= 0.6 is 11.8 Å². The first-order valence-corrected chi connectivity index (χ1v) is 10.8. The van der Waals surface area contributed by atoms with E-state index in [1.807, 2.05) is 75.4 Å². The maximum atomic E-state index is 13.2. The molecule has 1 atom stereocenters. The van der Waals surface area contributed by atoms with E-state index in [0.29, 0.717) is 13.0 Å². The number of carbonyl (C=O) groups is 2. The fraction of sp³-hybridized carbons (Fsp3) is 0.391. The molecule has 0 saturated carbocycles. The molecule has 6 heteroatoms. The SMILES string of the molecule is CC[C@@H](C(=O)NC(C)C)N(Cc1cccc(OC)c1)C(=O)CSc1ccccc1. The molecule has 0 aliphatic heterocycles. The summed E-state index contributed by atoms with van der Waals surface area (Å²) in [6.07, 6.45) is 0.546. The maximum absolute atomic E-state index is 13.2. The van der Waals surface area contributed by atoms with Crippen LogP contribution in [0.3, 0.4) is 0 Å². The lowest BCUT2D eigenvalue weighted by molar-refractivity contribution is -0.139. The predicted octanol–water partition coefficient (Wildman–Crippen LogP) is 4.12. The van der Waals surface area contributed by atoms with Crippen LogP contribution in [-0.4, -0.2) is 41.7 Å². The molecule has 0 saturated heterocycles. The van der Waals surface area contributed by atoms with Crippen LogP contribution < -0.4 is 10.1 Å². The predicted molar refractivity (Wildman–Crippen MR) is 118 cm³/mol. The normalized spacial score (nSPS) is 11.8. The van der Waals surface area contributed by atoms with Gasteiger partial charge in [-0.25, -0.2) is 0 Å². The Labute approximate surface area is 177 Å². The van der Waals surface area contributed by atoms with Gasteiger partial charge in [-0.3, -0.25) is 9.59 Å². The number of ether oxygens (including phenoxy) is 1. The first-order chi connectivity index (χ1) is 13.9. The second-order valence-electron chi connectivity index (χ2n) is 7.06. The van der Waals surface area contributed by atoms with E-state index in [-0.39, 0.29) is 23.6 Å². The Kier molecular flexibility index (Phi) is 9.06. The van der Waals surface area contributed by atoms with Gasteiger partial charge in [-0.2, -0.15) is 0 Å². The highest BCUT2D eigenvalue weighted by molar-refractivity contribution is 8.00. The van der Waals surface area contributed by atoms with Crippen LogP contribution in [0.2, 0.25) is 0 Å². The summed E-state index contributed by atoms with van der Waals surface area (Å²) in [6, 6.07) is 16.9. The van der Waals surface area contributed by atoms with Crippen LogP contribution in [0.4, 0.5) is 0 Å². The lowest BCUT2D eigenvalue weighted by Crippen LogP contribution is -2.50. The largest absolute Gasteiger partial charge is 0.497 e. The van der Waals surface area contributed by atoms with Crippen molar-refractivity contribution < 1.29 is 14.3 Å². The minimum Gasteiger partial charge on any atom is -0.497 e. The van der Waals surface area contributed by atoms with E-state index in [9.17, 15) is 9.59 Å². The van der Waals surface area contributed by atoms with Crippen LogP contribution in [-0.2, 0) is 16.1 Å². The minimum absolute atomic E-state index is 0.0176. The molecule has 0 unspecified atom stereocenters. The van der Waals surface area contributed by atoms with Gasteiger partial charge in [0.2, 0.25) is 11.8 Å². The fourth-order valence-corrected chi connectivity index (χ4v) is 3.82. The molecule has 0 aromatic heterocycles. The average Bonchev–Trinajstić information content (AvgIpc) is 2.72. The Morgan fingerprint density at radius 3 is 2.45 bits per heavy atom. The molecule has 0 fully saturated rings. The van der Waals surface area contributed by atoms with Crippen molar-refractivity contribution in [3.05, 3.63) is 60.2 Å². The highest BCUT2D eigenvalue weighted by Gasteiger charge is 2.29. The van der Waals surface area contributed by atoms with Crippen molar-refractivity contribution in [1.82, 2.24) is 10.2 Å². The van der Waals surface area contributed by atoms with Gasteiger partial charge in [-0.05, 0) is 50.1 Å². The molecule has 0 aliphatic rings. The third-order valence-corrected chi connectivity index (χ3v) is 5.41. The van der Waals surface area contributed by atoms with E-state index in [4.69, 9.17) is 4.74 Å². The summed E-state index contributed by atoms with van der Waals surface area (Å²) in [5.41, 5.74) is 0.929. The van der Waals surface area contributed by atoms with Gasteiger partial charge < -0.3 is 15.0 Å². The summed E-state index contributed by atoms with van der Waals surface area (Å²) in [5, 5.41) is 2.95. The van der Waals surface area contributed by atoms with Crippen LogP contribution in [0.15, 0.2) is 59.5 Å². The van der Waals surface area contributed by atoms with Crippen molar-refractivity contribution in [3.8, 4) is 5.75 Å². The summed E-state index contributed by atoms with van der Waals surface area (Å²) < 4.78 is 5.30. The molecule has 29 heavy (non-hydrogen) atoms. The molecule has 0 bridgehead atoms. The van der Waals surface area contributed by atoms with Crippen molar-refractivity contribution in [2.24, 2.45) is 0 Å². The molecular weight excluding hydrogens is 384 g/mol. The van der Waals surface area contributed by atoms with Crippen LogP contribution in [0, 0.1) is 0 Å². The molecule has 2 amide bonds. The highest BCUT2D eigenvalue weighted by Crippen LogP contribution is 2.21. The Hall–Kier alpha value is -2.47. The number of nitrogens with one attached hydrogen (secondary N) is 1. The van der Waals surface area contributed by atoms with E-state index in [0.717, 1.165) is 16.2 Å². The lowest BCUT2D eigenvalue weighted by Gasteiger charge is -2.31. The van der Waals surface area contributed by atoms with Gasteiger partial charge in [-0.15, -0.1) is 11.8 Å². The molecule has 2 aromatic rings. The van der Waals surface area contributed by atoms with Crippen LogP contribution in [0.5, 0.6) is 5.75 Å². The standard InChI is InChI=1S/C23H30N2O3S/c1-5-21(23(27)24-17(2)3)25(15-18-10-9-11-19(14-18)28-4)22(26)16-29-20-12-7-6-8-13-20/h6-14,17,21H,5,15-16H2,1-4H3,(H,24,27)/t21-/m0/s1. The maximum Gasteiger partial charge on any atom is 0.243 e. The number of hydrogen-bond acceptors (Lipinski definition) is 4. The second-order valence-corrected chi connectivity index (χ2v) is 8.11. The van der Waals surface area contributed by atoms with E-state index in [1.165, 1.54) is 11.8 Å². The smallest absolute Gasteiger partial charge is 0.243 e. The first kappa shape index (κ1) is 22.8. The topological polar surface area (TPSA) is 58.6 Å². The number of benzene rings is 2. The van der Waals surface area contributed by atoms with Gasteiger partial charge in [0.05, 0.1) is 12.9 Å². The molecule has 156 valence electrons. The summed E-state index contributed by atoms with van der Waals surface area (Å²) in [7, 11) is 1.61. The Morgan fingerprint density at radius 1 is 1.10 bits per heavy atom. The number of carbonyl (C=O) groups excluding carboxylic acids is 2. The van der Waals surface area contributed by atoms with Crippen LogP contribution in [0.1, 0.15) is 32.8 Å². The highest BCUT2D eigenvalue weighted by atomic mass is 32.2. The molecule has 5 nitrogen and oxygen atoms in total. The zero-order valence-corrected chi connectivity index (χ0v) is 18.4. The van der Waals surface area contributed by atoms with Gasteiger partial charge in [0.15, 0.2) is 0 Å². The number of methoxy groups -OCH3 is 1. The molecule has 0 spiro atoms. The number of thioether (sulfide) groups is 1. The van der Waals surface area contributed by atoms with Crippen molar-refractivity contribution >= 4 is 23.6 Å². The number of hydrogen-bond donors (Lipinski definition) is 1. The summed E-state index contributed by atoms with van der Waals surface area (Å²) in [5.74, 6) is 0.823. The Bertz CT molecular complexity index is 796. The molecule has 0 radical (unpaired) electrons. The van der Waals surface area contributed by atoms with Gasteiger partial charge in [-0.1, -0.05) is 37.3 Å². The van der Waals surface area contributed by atoms with E-state index in [1.54, 1.807) is 12.0 Å². The molecule has 1 N–H and O–H groups in total. The van der Waals surface area contributed by atoms with Gasteiger partial charge in [0, 0.05) is 17.5 Å². The number of nitrogens with zero attached hydrogens (tertiary/aromatic N) is 1. The summed E-state index contributed by atoms with van der Waals surface area (Å²) >= 11 is 1.48.